The van der Waals surface area contributed by atoms with Crippen LogP contribution < -0.4 is 0 Å². The molecular weight excluding hydrogens is 687 g/mol. The molecule has 0 saturated carbocycles. The molecule has 56 heavy (non-hydrogen) atoms. The van der Waals surface area contributed by atoms with Crippen LogP contribution in [0.5, 0.6) is 0 Å². The fourth-order valence-corrected chi connectivity index (χ4v) is 7.84. The predicted octanol–water partition coefficient (Wildman–Crippen LogP) is 12.6. The molecule has 11 aromatic rings. The van der Waals surface area contributed by atoms with Gasteiger partial charge in [-0.3, -0.25) is 4.98 Å². The molecule has 0 amide bonds. The molecule has 4 heterocycles. The Bertz CT molecular complexity index is 3230. The van der Waals surface area contributed by atoms with Gasteiger partial charge in [-0.2, -0.15) is 0 Å². The number of furan rings is 1. The molecular formula is C50H31N5O. The third kappa shape index (κ3) is 5.35. The largest absolute Gasteiger partial charge is 0.454 e. The third-order valence-corrected chi connectivity index (χ3v) is 10.5. The van der Waals surface area contributed by atoms with E-state index in [1.165, 1.54) is 0 Å². The van der Waals surface area contributed by atoms with Crippen LogP contribution in [0.25, 0.3) is 106 Å². The van der Waals surface area contributed by atoms with E-state index in [4.69, 9.17) is 19.4 Å². The fourth-order valence-electron chi connectivity index (χ4n) is 7.84. The van der Waals surface area contributed by atoms with Gasteiger partial charge >= 0.3 is 0 Å². The van der Waals surface area contributed by atoms with Crippen molar-refractivity contribution in [1.82, 2.24) is 24.5 Å². The first kappa shape index (κ1) is 31.8. The number of hydrogen-bond acceptors (Lipinski definition) is 5. The summed E-state index contributed by atoms with van der Waals surface area (Å²) in [6.45, 7) is 0. The van der Waals surface area contributed by atoms with Crippen molar-refractivity contribution in [1.29, 1.82) is 0 Å². The first-order valence-corrected chi connectivity index (χ1v) is 18.6. The van der Waals surface area contributed by atoms with E-state index in [2.05, 4.69) is 125 Å². The second kappa shape index (κ2) is 13.0. The number of nitrogens with zero attached hydrogens (tertiary/aromatic N) is 5. The summed E-state index contributed by atoms with van der Waals surface area (Å²) >= 11 is 0. The zero-order chi connectivity index (χ0) is 37.0. The standard InChI is InChI=1S/C50H31N5O/c1-3-11-33(12-4-1)48-52-49(54-50(53-48)37-14-9-13-35(29-37)38-15-10-28-51-31-38)34-22-20-32(21-23-34)36-24-27-44-43(30-36)41-25-26-42-40-18-7-8-19-45(40)56-47(42)46(41)55(44)39-16-5-2-6-17-39/h1-31H. The molecule has 6 heteroatoms. The van der Waals surface area contributed by atoms with Gasteiger partial charge in [-0.05, 0) is 65.2 Å². The van der Waals surface area contributed by atoms with Crippen LogP contribution in [0.2, 0.25) is 0 Å². The highest BCUT2D eigenvalue weighted by atomic mass is 16.3. The van der Waals surface area contributed by atoms with Gasteiger partial charge in [0.1, 0.15) is 5.58 Å². The smallest absolute Gasteiger partial charge is 0.164 e. The van der Waals surface area contributed by atoms with Crippen molar-refractivity contribution in [2.24, 2.45) is 0 Å². The molecule has 7 aromatic carbocycles. The van der Waals surface area contributed by atoms with Crippen molar-refractivity contribution in [3.63, 3.8) is 0 Å². The Labute approximate surface area is 322 Å². The maximum atomic E-state index is 6.59. The van der Waals surface area contributed by atoms with E-state index in [-0.39, 0.29) is 0 Å². The van der Waals surface area contributed by atoms with Crippen molar-refractivity contribution in [2.75, 3.05) is 0 Å². The Kier molecular flexibility index (Phi) is 7.38. The number of benzene rings is 7. The molecule has 0 atom stereocenters. The minimum atomic E-state index is 0.613. The van der Waals surface area contributed by atoms with Gasteiger partial charge in [0.05, 0.1) is 11.0 Å². The van der Waals surface area contributed by atoms with Crippen LogP contribution >= 0.6 is 0 Å². The van der Waals surface area contributed by atoms with Crippen molar-refractivity contribution >= 4 is 43.7 Å². The quantitative estimate of drug-likeness (QED) is 0.171. The molecule has 4 aromatic heterocycles. The summed E-state index contributed by atoms with van der Waals surface area (Å²) in [7, 11) is 0. The summed E-state index contributed by atoms with van der Waals surface area (Å²) in [6.07, 6.45) is 3.65. The summed E-state index contributed by atoms with van der Waals surface area (Å²) < 4.78 is 8.92. The molecule has 0 fully saturated rings. The van der Waals surface area contributed by atoms with Crippen LogP contribution in [0, 0.1) is 0 Å². The Balaban J connectivity index is 1.02. The Hall–Kier alpha value is -7.70. The molecule has 0 saturated heterocycles. The molecule has 0 aliphatic heterocycles. The van der Waals surface area contributed by atoms with Gasteiger partial charge in [-0.15, -0.1) is 0 Å². The summed E-state index contributed by atoms with van der Waals surface area (Å²) in [6, 6.07) is 60.8. The van der Waals surface area contributed by atoms with Gasteiger partial charge in [0, 0.05) is 61.9 Å². The van der Waals surface area contributed by atoms with Gasteiger partial charge in [-0.1, -0.05) is 127 Å². The van der Waals surface area contributed by atoms with Crippen LogP contribution in [-0.2, 0) is 0 Å². The van der Waals surface area contributed by atoms with E-state index in [1.54, 1.807) is 6.20 Å². The predicted molar refractivity (Wildman–Crippen MR) is 226 cm³/mol. The summed E-state index contributed by atoms with van der Waals surface area (Å²) in [4.78, 5) is 19.3. The molecule has 0 unspecified atom stereocenters. The van der Waals surface area contributed by atoms with E-state index in [0.717, 1.165) is 88.4 Å². The lowest BCUT2D eigenvalue weighted by atomic mass is 10.0. The minimum Gasteiger partial charge on any atom is -0.454 e. The molecule has 6 nitrogen and oxygen atoms in total. The van der Waals surface area contributed by atoms with E-state index in [0.29, 0.717) is 17.5 Å². The van der Waals surface area contributed by atoms with Gasteiger partial charge in [0.15, 0.2) is 23.1 Å². The van der Waals surface area contributed by atoms with Gasteiger partial charge < -0.3 is 8.98 Å². The molecule has 0 aliphatic carbocycles. The van der Waals surface area contributed by atoms with Gasteiger partial charge in [0.25, 0.3) is 0 Å². The summed E-state index contributed by atoms with van der Waals surface area (Å²) in [5.74, 6) is 1.85. The number of pyridine rings is 1. The van der Waals surface area contributed by atoms with Crippen molar-refractivity contribution in [3.8, 4) is 62.1 Å². The zero-order valence-corrected chi connectivity index (χ0v) is 30.0. The topological polar surface area (TPSA) is 69.6 Å². The maximum absolute atomic E-state index is 6.59. The monoisotopic (exact) mass is 717 g/mol. The van der Waals surface area contributed by atoms with Crippen molar-refractivity contribution in [2.45, 2.75) is 0 Å². The normalized spacial score (nSPS) is 11.6. The van der Waals surface area contributed by atoms with E-state index >= 15 is 0 Å². The van der Waals surface area contributed by atoms with Crippen LogP contribution in [-0.4, -0.2) is 24.5 Å². The maximum Gasteiger partial charge on any atom is 0.164 e. The minimum absolute atomic E-state index is 0.613. The van der Waals surface area contributed by atoms with Crippen molar-refractivity contribution < 1.29 is 4.42 Å². The first-order chi connectivity index (χ1) is 27.7. The Morgan fingerprint density at radius 1 is 0.393 bits per heavy atom. The molecule has 0 radical (unpaired) electrons. The first-order valence-electron chi connectivity index (χ1n) is 18.6. The number of rotatable bonds is 6. The second-order valence-electron chi connectivity index (χ2n) is 13.9. The Morgan fingerprint density at radius 2 is 1.00 bits per heavy atom. The fraction of sp³-hybridized carbons (Fsp3) is 0. The molecule has 0 spiro atoms. The number of hydrogen-bond donors (Lipinski definition) is 0. The van der Waals surface area contributed by atoms with E-state index in [9.17, 15) is 0 Å². The molecule has 11 rings (SSSR count). The lowest BCUT2D eigenvalue weighted by Crippen LogP contribution is -2.00. The molecule has 0 N–H and O–H groups in total. The number of para-hydroxylation sites is 2. The summed E-state index contributed by atoms with van der Waals surface area (Å²) in [5, 5.41) is 4.54. The van der Waals surface area contributed by atoms with Crippen LogP contribution in [0.15, 0.2) is 193 Å². The van der Waals surface area contributed by atoms with Crippen LogP contribution in [0.3, 0.4) is 0 Å². The SMILES string of the molecule is c1ccc(-c2nc(-c3ccc(-c4ccc5c(c4)c4ccc6c7ccccc7oc6c4n5-c4ccccc4)cc3)nc(-c3cccc(-c4cccnc4)c3)n2)cc1. The highest BCUT2D eigenvalue weighted by Crippen LogP contribution is 2.41. The second-order valence-corrected chi connectivity index (χ2v) is 13.9. The number of fused-ring (bicyclic) bond motifs is 7. The lowest BCUT2D eigenvalue weighted by Gasteiger charge is -2.10. The van der Waals surface area contributed by atoms with Crippen LogP contribution in [0.1, 0.15) is 0 Å². The molecule has 0 bridgehead atoms. The lowest BCUT2D eigenvalue weighted by molar-refractivity contribution is 0.671. The van der Waals surface area contributed by atoms with E-state index < -0.39 is 0 Å². The van der Waals surface area contributed by atoms with E-state index in [1.807, 2.05) is 66.9 Å². The molecule has 262 valence electrons. The highest BCUT2D eigenvalue weighted by Gasteiger charge is 2.20. The van der Waals surface area contributed by atoms with Crippen molar-refractivity contribution in [3.05, 3.63) is 188 Å². The zero-order valence-electron chi connectivity index (χ0n) is 30.0. The number of aromatic nitrogens is 5. The third-order valence-electron chi connectivity index (χ3n) is 10.5. The molecule has 0 aliphatic rings. The summed E-state index contributed by atoms with van der Waals surface area (Å²) in [5.41, 5.74) is 12.1. The average molecular weight is 718 g/mol. The Morgan fingerprint density at radius 3 is 1.79 bits per heavy atom. The van der Waals surface area contributed by atoms with Gasteiger partial charge in [-0.25, -0.2) is 15.0 Å². The van der Waals surface area contributed by atoms with Gasteiger partial charge in [0.2, 0.25) is 0 Å². The average Bonchev–Trinajstić information content (AvgIpc) is 3.83. The highest BCUT2D eigenvalue weighted by molar-refractivity contribution is 6.21. The van der Waals surface area contributed by atoms with Crippen LogP contribution in [0.4, 0.5) is 0 Å².